The largest absolute Gasteiger partial charge is 0.495 e. The number of ether oxygens (including phenoxy) is 1. The lowest BCUT2D eigenvalue weighted by atomic mass is 10.1. The number of nitrogens with one attached hydrogen (secondary N) is 2. The molecule has 0 radical (unpaired) electrons. The van der Waals surface area contributed by atoms with Gasteiger partial charge in [0.15, 0.2) is 0 Å². The van der Waals surface area contributed by atoms with Gasteiger partial charge in [0.1, 0.15) is 11.8 Å². The third kappa shape index (κ3) is 4.85. The Morgan fingerprint density at radius 2 is 1.70 bits per heavy atom. The number of amides is 2. The van der Waals surface area contributed by atoms with Gasteiger partial charge in [0.2, 0.25) is 11.8 Å². The average Bonchev–Trinajstić information content (AvgIpc) is 2.55. The van der Waals surface area contributed by atoms with Gasteiger partial charge in [0.25, 0.3) is 0 Å². The van der Waals surface area contributed by atoms with E-state index < -0.39 is 6.04 Å². The summed E-state index contributed by atoms with van der Waals surface area (Å²) in [6.07, 6.45) is 0.418. The fourth-order valence-corrected chi connectivity index (χ4v) is 2.27. The predicted octanol–water partition coefficient (Wildman–Crippen LogP) is 2.38. The second-order valence-electron chi connectivity index (χ2n) is 5.13. The lowest BCUT2D eigenvalue weighted by Gasteiger charge is -2.18. The summed E-state index contributed by atoms with van der Waals surface area (Å²) in [5.74, 6) is 0.0387. The summed E-state index contributed by atoms with van der Waals surface area (Å²) in [5.41, 5.74) is 1.55. The molecule has 0 saturated carbocycles. The Morgan fingerprint density at radius 1 is 1.04 bits per heavy atom. The van der Waals surface area contributed by atoms with Crippen LogP contribution in [0.15, 0.2) is 54.6 Å². The highest BCUT2D eigenvalue weighted by molar-refractivity contribution is 5.98. The molecular formula is C18H20N2O3. The van der Waals surface area contributed by atoms with Crippen molar-refractivity contribution in [3.8, 4) is 5.75 Å². The van der Waals surface area contributed by atoms with Crippen molar-refractivity contribution in [2.45, 2.75) is 19.4 Å². The highest BCUT2D eigenvalue weighted by atomic mass is 16.5. The number of hydrogen-bond donors (Lipinski definition) is 2. The van der Waals surface area contributed by atoms with Crippen molar-refractivity contribution >= 4 is 17.5 Å². The molecule has 23 heavy (non-hydrogen) atoms. The van der Waals surface area contributed by atoms with Gasteiger partial charge < -0.3 is 15.4 Å². The third-order valence-corrected chi connectivity index (χ3v) is 3.34. The molecule has 0 unspecified atom stereocenters. The van der Waals surface area contributed by atoms with Gasteiger partial charge in [-0.25, -0.2) is 0 Å². The molecule has 0 aliphatic carbocycles. The van der Waals surface area contributed by atoms with Gasteiger partial charge in [0.05, 0.1) is 12.8 Å². The van der Waals surface area contributed by atoms with Crippen molar-refractivity contribution in [3.63, 3.8) is 0 Å². The van der Waals surface area contributed by atoms with E-state index in [1.165, 1.54) is 6.92 Å². The summed E-state index contributed by atoms with van der Waals surface area (Å²) < 4.78 is 5.22. The van der Waals surface area contributed by atoms with E-state index in [1.54, 1.807) is 19.2 Å². The topological polar surface area (TPSA) is 67.4 Å². The fraction of sp³-hybridized carbons (Fsp3) is 0.222. The van der Waals surface area contributed by atoms with E-state index in [0.29, 0.717) is 17.9 Å². The second-order valence-corrected chi connectivity index (χ2v) is 5.13. The fourth-order valence-electron chi connectivity index (χ4n) is 2.27. The molecule has 5 nitrogen and oxygen atoms in total. The number of rotatable bonds is 6. The number of carbonyl (C=O) groups excluding carboxylic acids is 2. The highest BCUT2D eigenvalue weighted by Crippen LogP contribution is 2.23. The van der Waals surface area contributed by atoms with E-state index in [4.69, 9.17) is 4.74 Å². The number of hydrogen-bond acceptors (Lipinski definition) is 3. The standard InChI is InChI=1S/C18H20N2O3/c1-13(21)19-16(12-14-8-4-3-5-9-14)18(22)20-15-10-6-7-11-17(15)23-2/h3-11,16H,12H2,1-2H3,(H,19,21)(H,20,22)/t16-/m1/s1. The molecular weight excluding hydrogens is 292 g/mol. The van der Waals surface area contributed by atoms with Crippen LogP contribution in [0.25, 0.3) is 0 Å². The first kappa shape index (κ1) is 16.5. The van der Waals surface area contributed by atoms with Crippen molar-refractivity contribution < 1.29 is 14.3 Å². The normalized spacial score (nSPS) is 11.4. The Morgan fingerprint density at radius 3 is 2.35 bits per heavy atom. The predicted molar refractivity (Wildman–Crippen MR) is 89.4 cm³/mol. The molecule has 0 saturated heterocycles. The zero-order valence-electron chi connectivity index (χ0n) is 13.2. The zero-order chi connectivity index (χ0) is 16.7. The molecule has 1 atom stereocenters. The quantitative estimate of drug-likeness (QED) is 0.860. The van der Waals surface area contributed by atoms with Crippen molar-refractivity contribution in [1.29, 1.82) is 0 Å². The Hall–Kier alpha value is -2.82. The van der Waals surface area contributed by atoms with E-state index in [-0.39, 0.29) is 11.8 Å². The van der Waals surface area contributed by atoms with Crippen LogP contribution in [0.4, 0.5) is 5.69 Å². The SMILES string of the molecule is COc1ccccc1NC(=O)[C@@H](Cc1ccccc1)NC(C)=O. The van der Waals surface area contributed by atoms with Crippen LogP contribution in [0.3, 0.4) is 0 Å². The highest BCUT2D eigenvalue weighted by Gasteiger charge is 2.21. The van der Waals surface area contributed by atoms with E-state index in [1.807, 2.05) is 42.5 Å². The molecule has 0 spiro atoms. The summed E-state index contributed by atoms with van der Waals surface area (Å²) in [6.45, 7) is 1.40. The van der Waals surface area contributed by atoms with Crippen molar-refractivity contribution in [2.75, 3.05) is 12.4 Å². The molecule has 2 aromatic rings. The molecule has 0 aliphatic heterocycles. The van der Waals surface area contributed by atoms with Gasteiger partial charge in [-0.15, -0.1) is 0 Å². The Kier molecular flexibility index (Phi) is 5.74. The summed E-state index contributed by atoms with van der Waals surface area (Å²) in [6, 6.07) is 16.1. The minimum atomic E-state index is -0.653. The lowest BCUT2D eigenvalue weighted by Crippen LogP contribution is -2.44. The van der Waals surface area contributed by atoms with Gasteiger partial charge in [-0.3, -0.25) is 9.59 Å². The molecule has 0 fully saturated rings. The number of methoxy groups -OCH3 is 1. The van der Waals surface area contributed by atoms with E-state index in [9.17, 15) is 9.59 Å². The van der Waals surface area contributed by atoms with Crippen LogP contribution in [0.5, 0.6) is 5.75 Å². The Balaban J connectivity index is 2.14. The maximum Gasteiger partial charge on any atom is 0.247 e. The Bertz CT molecular complexity index is 671. The van der Waals surface area contributed by atoms with Crippen molar-refractivity contribution in [1.82, 2.24) is 5.32 Å². The smallest absolute Gasteiger partial charge is 0.247 e. The maximum atomic E-state index is 12.5. The minimum Gasteiger partial charge on any atom is -0.495 e. The molecule has 120 valence electrons. The van der Waals surface area contributed by atoms with Gasteiger partial charge in [-0.1, -0.05) is 42.5 Å². The first-order chi connectivity index (χ1) is 11.1. The molecule has 2 amide bonds. The number of anilines is 1. The van der Waals surface area contributed by atoms with Crippen LogP contribution in [-0.4, -0.2) is 25.0 Å². The first-order valence-electron chi connectivity index (χ1n) is 7.35. The van der Waals surface area contributed by atoms with Crippen molar-refractivity contribution in [2.24, 2.45) is 0 Å². The number of carbonyl (C=O) groups is 2. The molecule has 0 heterocycles. The number of para-hydroxylation sites is 2. The molecule has 2 aromatic carbocycles. The molecule has 2 N–H and O–H groups in total. The van der Waals surface area contributed by atoms with Gasteiger partial charge in [-0.2, -0.15) is 0 Å². The molecule has 0 bridgehead atoms. The third-order valence-electron chi connectivity index (χ3n) is 3.34. The van der Waals surface area contributed by atoms with E-state index in [2.05, 4.69) is 10.6 Å². The number of benzene rings is 2. The van der Waals surface area contributed by atoms with Gasteiger partial charge >= 0.3 is 0 Å². The monoisotopic (exact) mass is 312 g/mol. The zero-order valence-corrected chi connectivity index (χ0v) is 13.2. The average molecular weight is 312 g/mol. The summed E-state index contributed by atoms with van der Waals surface area (Å²) in [4.78, 5) is 23.9. The van der Waals surface area contributed by atoms with Crippen molar-refractivity contribution in [3.05, 3.63) is 60.2 Å². The Labute approximate surface area is 135 Å². The van der Waals surface area contributed by atoms with E-state index in [0.717, 1.165) is 5.56 Å². The summed E-state index contributed by atoms with van der Waals surface area (Å²) in [5, 5.41) is 5.50. The van der Waals surface area contributed by atoms with Crippen LogP contribution in [-0.2, 0) is 16.0 Å². The molecule has 0 aromatic heterocycles. The maximum absolute atomic E-state index is 12.5. The second kappa shape index (κ2) is 7.98. The summed E-state index contributed by atoms with van der Waals surface area (Å²) in [7, 11) is 1.54. The van der Waals surface area contributed by atoms with Gasteiger partial charge in [0, 0.05) is 13.3 Å². The van der Waals surface area contributed by atoms with Gasteiger partial charge in [-0.05, 0) is 17.7 Å². The molecule has 5 heteroatoms. The van der Waals surface area contributed by atoms with Crippen LogP contribution < -0.4 is 15.4 Å². The lowest BCUT2D eigenvalue weighted by molar-refractivity contribution is -0.125. The minimum absolute atomic E-state index is 0.249. The van der Waals surface area contributed by atoms with E-state index >= 15 is 0 Å². The van der Waals surface area contributed by atoms with Crippen LogP contribution in [0, 0.1) is 0 Å². The van der Waals surface area contributed by atoms with Crippen LogP contribution >= 0.6 is 0 Å². The molecule has 2 rings (SSSR count). The van der Waals surface area contributed by atoms with Crippen LogP contribution in [0.2, 0.25) is 0 Å². The summed E-state index contributed by atoms with van der Waals surface area (Å²) >= 11 is 0. The first-order valence-corrected chi connectivity index (χ1v) is 7.35. The van der Waals surface area contributed by atoms with Crippen LogP contribution in [0.1, 0.15) is 12.5 Å². The molecule has 0 aliphatic rings.